The number of halogens is 2. The van der Waals surface area contributed by atoms with Crippen molar-refractivity contribution in [1.29, 1.82) is 0 Å². The first-order valence-electron chi connectivity index (χ1n) is 7.30. The zero-order chi connectivity index (χ0) is 16.5. The maximum atomic E-state index is 12.5. The second-order valence-corrected chi connectivity index (χ2v) is 5.32. The molecule has 0 fully saturated rings. The van der Waals surface area contributed by atoms with E-state index in [1.807, 2.05) is 36.7 Å². The van der Waals surface area contributed by atoms with Crippen molar-refractivity contribution in [3.05, 3.63) is 66.4 Å². The average molecular weight is 326 g/mol. The van der Waals surface area contributed by atoms with Crippen molar-refractivity contribution in [2.24, 2.45) is 0 Å². The van der Waals surface area contributed by atoms with Gasteiger partial charge in [0.05, 0.1) is 5.52 Å². The lowest BCUT2D eigenvalue weighted by molar-refractivity contribution is 0.116. The van der Waals surface area contributed by atoms with Gasteiger partial charge < -0.3 is 8.98 Å². The molecular formula is C17H12F2N4O. The molecular weight excluding hydrogens is 314 g/mol. The monoisotopic (exact) mass is 326 g/mol. The van der Waals surface area contributed by atoms with E-state index in [1.165, 1.54) is 0 Å². The highest BCUT2D eigenvalue weighted by Gasteiger charge is 2.16. The SMILES string of the molecule is FC(F)c1nnc(-c2ccc(Cn3ccc4cnccc43)cc2)o1. The molecule has 0 aliphatic carbocycles. The molecule has 7 heteroatoms. The van der Waals surface area contributed by atoms with Crippen LogP contribution in [0.15, 0.2) is 59.4 Å². The molecule has 24 heavy (non-hydrogen) atoms. The quantitative estimate of drug-likeness (QED) is 0.567. The number of nitrogens with zero attached hydrogens (tertiary/aromatic N) is 4. The highest BCUT2D eigenvalue weighted by Crippen LogP contribution is 2.24. The van der Waals surface area contributed by atoms with Gasteiger partial charge in [0, 0.05) is 36.1 Å². The molecule has 0 aliphatic heterocycles. The van der Waals surface area contributed by atoms with E-state index in [4.69, 9.17) is 4.42 Å². The Morgan fingerprint density at radius 2 is 1.88 bits per heavy atom. The molecule has 4 aromatic rings. The first kappa shape index (κ1) is 14.5. The summed E-state index contributed by atoms with van der Waals surface area (Å²) in [6.45, 7) is 0.694. The van der Waals surface area contributed by atoms with Crippen LogP contribution in [-0.4, -0.2) is 19.7 Å². The van der Waals surface area contributed by atoms with E-state index in [-0.39, 0.29) is 5.89 Å². The average Bonchev–Trinajstić information content (AvgIpc) is 3.24. The van der Waals surface area contributed by atoms with Gasteiger partial charge in [-0.1, -0.05) is 12.1 Å². The molecule has 4 rings (SSSR count). The Balaban J connectivity index is 1.57. The second kappa shape index (κ2) is 5.84. The highest BCUT2D eigenvalue weighted by molar-refractivity contribution is 5.78. The van der Waals surface area contributed by atoms with E-state index in [0.717, 1.165) is 16.5 Å². The van der Waals surface area contributed by atoms with Gasteiger partial charge in [-0.25, -0.2) is 0 Å². The second-order valence-electron chi connectivity index (χ2n) is 5.32. The number of hydrogen-bond donors (Lipinski definition) is 0. The summed E-state index contributed by atoms with van der Waals surface area (Å²) in [7, 11) is 0. The van der Waals surface area contributed by atoms with Gasteiger partial charge in [0.25, 0.3) is 5.89 Å². The molecule has 0 amide bonds. The molecule has 5 nitrogen and oxygen atoms in total. The van der Waals surface area contributed by atoms with E-state index in [1.54, 1.807) is 18.3 Å². The minimum Gasteiger partial charge on any atom is -0.415 e. The number of rotatable bonds is 4. The van der Waals surface area contributed by atoms with Crippen molar-refractivity contribution < 1.29 is 13.2 Å². The molecule has 0 N–H and O–H groups in total. The molecule has 1 aromatic carbocycles. The van der Waals surface area contributed by atoms with Gasteiger partial charge in [0.2, 0.25) is 5.89 Å². The lowest BCUT2D eigenvalue weighted by Crippen LogP contribution is -1.97. The third kappa shape index (κ3) is 2.64. The summed E-state index contributed by atoms with van der Waals surface area (Å²) in [4.78, 5) is 4.10. The van der Waals surface area contributed by atoms with Crippen molar-refractivity contribution in [3.63, 3.8) is 0 Å². The van der Waals surface area contributed by atoms with Crippen LogP contribution in [0.5, 0.6) is 0 Å². The molecule has 120 valence electrons. The number of hydrogen-bond acceptors (Lipinski definition) is 4. The highest BCUT2D eigenvalue weighted by atomic mass is 19.3. The van der Waals surface area contributed by atoms with Gasteiger partial charge in [-0.2, -0.15) is 8.78 Å². The molecule has 3 aromatic heterocycles. The summed E-state index contributed by atoms with van der Waals surface area (Å²) in [6.07, 6.45) is 2.83. The standard InChI is InChI=1S/C17H12F2N4O/c18-15(19)17-22-21-16(24-17)12-3-1-11(2-4-12)10-23-8-6-13-9-20-7-5-14(13)23/h1-9,15H,10H2. The van der Waals surface area contributed by atoms with Crippen LogP contribution in [0.4, 0.5) is 8.78 Å². The van der Waals surface area contributed by atoms with E-state index < -0.39 is 12.3 Å². The summed E-state index contributed by atoms with van der Waals surface area (Å²) >= 11 is 0. The van der Waals surface area contributed by atoms with Crippen molar-refractivity contribution in [2.75, 3.05) is 0 Å². The maximum Gasteiger partial charge on any atom is 0.314 e. The first-order chi connectivity index (χ1) is 11.7. The lowest BCUT2D eigenvalue weighted by atomic mass is 10.1. The Hall–Kier alpha value is -3.09. The molecule has 0 saturated heterocycles. The van der Waals surface area contributed by atoms with E-state index in [9.17, 15) is 8.78 Å². The number of benzene rings is 1. The van der Waals surface area contributed by atoms with Gasteiger partial charge >= 0.3 is 6.43 Å². The van der Waals surface area contributed by atoms with E-state index in [2.05, 4.69) is 19.7 Å². The first-order valence-corrected chi connectivity index (χ1v) is 7.30. The minimum absolute atomic E-state index is 0.0920. The fourth-order valence-electron chi connectivity index (χ4n) is 2.57. The molecule has 0 saturated carbocycles. The van der Waals surface area contributed by atoms with Gasteiger partial charge in [0.15, 0.2) is 0 Å². The van der Waals surface area contributed by atoms with Crippen molar-refractivity contribution in [1.82, 2.24) is 19.7 Å². The number of pyridine rings is 1. The Bertz CT molecular complexity index is 976. The van der Waals surface area contributed by atoms with Crippen molar-refractivity contribution in [3.8, 4) is 11.5 Å². The van der Waals surface area contributed by atoms with Gasteiger partial charge in [-0.15, -0.1) is 10.2 Å². The third-order valence-electron chi connectivity index (χ3n) is 3.75. The number of aromatic nitrogens is 4. The van der Waals surface area contributed by atoms with Crippen LogP contribution < -0.4 is 0 Å². The van der Waals surface area contributed by atoms with Crippen LogP contribution in [0.25, 0.3) is 22.4 Å². The summed E-state index contributed by atoms with van der Waals surface area (Å²) in [5.41, 5.74) is 2.79. The van der Waals surface area contributed by atoms with E-state index >= 15 is 0 Å². The lowest BCUT2D eigenvalue weighted by Gasteiger charge is -2.06. The zero-order valence-corrected chi connectivity index (χ0v) is 12.4. The van der Waals surface area contributed by atoms with Crippen LogP contribution in [0.1, 0.15) is 17.9 Å². The summed E-state index contributed by atoms with van der Waals surface area (Å²) in [6, 6.07) is 11.4. The predicted octanol–water partition coefficient (Wildman–Crippen LogP) is 4.07. The molecule has 0 unspecified atom stereocenters. The van der Waals surface area contributed by atoms with Gasteiger partial charge in [-0.3, -0.25) is 4.98 Å². The molecule has 0 atom stereocenters. The van der Waals surface area contributed by atoms with Crippen molar-refractivity contribution >= 4 is 10.9 Å². The third-order valence-corrected chi connectivity index (χ3v) is 3.75. The molecule has 0 radical (unpaired) electrons. The molecule has 0 aliphatic rings. The minimum atomic E-state index is -2.76. The summed E-state index contributed by atoms with van der Waals surface area (Å²) < 4.78 is 32.1. The van der Waals surface area contributed by atoms with Crippen LogP contribution in [0.2, 0.25) is 0 Å². The zero-order valence-electron chi connectivity index (χ0n) is 12.4. The number of alkyl halides is 2. The largest absolute Gasteiger partial charge is 0.415 e. The molecule has 0 bridgehead atoms. The fourth-order valence-corrected chi connectivity index (χ4v) is 2.57. The van der Waals surface area contributed by atoms with Crippen molar-refractivity contribution in [2.45, 2.75) is 13.0 Å². The van der Waals surface area contributed by atoms with E-state index in [0.29, 0.717) is 12.1 Å². The summed E-state index contributed by atoms with van der Waals surface area (Å²) in [5.74, 6) is -0.573. The van der Waals surface area contributed by atoms with Gasteiger partial charge in [-0.05, 0) is 29.8 Å². The molecule has 0 spiro atoms. The Kier molecular flexibility index (Phi) is 3.53. The Morgan fingerprint density at radius 1 is 1.04 bits per heavy atom. The normalized spacial score (nSPS) is 11.5. The number of fused-ring (bicyclic) bond motifs is 1. The Morgan fingerprint density at radius 3 is 2.62 bits per heavy atom. The maximum absolute atomic E-state index is 12.5. The predicted molar refractivity (Wildman–Crippen MR) is 83.5 cm³/mol. The molecule has 3 heterocycles. The van der Waals surface area contributed by atoms with Crippen LogP contribution >= 0.6 is 0 Å². The van der Waals surface area contributed by atoms with Crippen LogP contribution in [0.3, 0.4) is 0 Å². The fraction of sp³-hybridized carbons (Fsp3) is 0.118. The topological polar surface area (TPSA) is 56.7 Å². The summed E-state index contributed by atoms with van der Waals surface area (Å²) in [5, 5.41) is 8.06. The van der Waals surface area contributed by atoms with Gasteiger partial charge in [0.1, 0.15) is 0 Å². The smallest absolute Gasteiger partial charge is 0.314 e. The Labute approximate surface area is 135 Å². The van der Waals surface area contributed by atoms with Crippen LogP contribution in [0, 0.1) is 0 Å². The van der Waals surface area contributed by atoms with Crippen LogP contribution in [-0.2, 0) is 6.54 Å².